The van der Waals surface area contributed by atoms with Crippen LogP contribution in [0.1, 0.15) is 0 Å². The first-order valence-electron chi connectivity index (χ1n) is 15.3. The van der Waals surface area contributed by atoms with Gasteiger partial charge in [0.05, 0.1) is 51.9 Å². The van der Waals surface area contributed by atoms with Crippen molar-refractivity contribution in [3.8, 4) is 5.75 Å². The van der Waals surface area contributed by atoms with Gasteiger partial charge in [-0.15, -0.1) is 33.5 Å². The Bertz CT molecular complexity index is 2760. The van der Waals surface area contributed by atoms with E-state index in [1.165, 1.54) is 55.6 Å². The molecule has 0 unspecified atom stereocenters. The second kappa shape index (κ2) is 19.9. The van der Waals surface area contributed by atoms with Crippen molar-refractivity contribution in [1.82, 2.24) is 0 Å². The molecule has 0 spiro atoms. The fraction of sp³-hybridized carbons (Fsp3) is 0.103. The van der Waals surface area contributed by atoms with Crippen molar-refractivity contribution in [3.63, 3.8) is 0 Å². The van der Waals surface area contributed by atoms with E-state index in [1.807, 2.05) is 0 Å². The van der Waals surface area contributed by atoms with Gasteiger partial charge in [0.15, 0.2) is 27.9 Å². The molecular weight excluding hydrogens is 915 g/mol. The zero-order chi connectivity index (χ0) is 43.0. The third-order valence-corrected chi connectivity index (χ3v) is 12.8. The molecular formula is C29H25N5O19S6. The summed E-state index contributed by atoms with van der Waals surface area (Å²) in [5.74, 6) is -1.32. The maximum Gasteiger partial charge on any atom is 0.297 e. The van der Waals surface area contributed by atoms with E-state index in [0.29, 0.717) is 18.1 Å². The molecule has 30 heteroatoms. The topological polar surface area (TPSA) is 350 Å². The van der Waals surface area contributed by atoms with Crippen LogP contribution in [0, 0.1) is 0 Å². The highest BCUT2D eigenvalue weighted by molar-refractivity contribution is 7.95. The van der Waals surface area contributed by atoms with Crippen LogP contribution < -0.4 is 5.32 Å². The molecule has 0 atom stereocenters. The number of benzene rings is 5. The second-order valence-electron chi connectivity index (χ2n) is 10.9. The van der Waals surface area contributed by atoms with Crippen molar-refractivity contribution < 1.29 is 87.5 Å². The first kappa shape index (κ1) is 45.9. The number of rotatable bonds is 20. The quantitative estimate of drug-likeness (QED) is 0.00981. The van der Waals surface area contributed by atoms with Crippen LogP contribution in [0.5, 0.6) is 5.75 Å². The van der Waals surface area contributed by atoms with E-state index in [1.54, 1.807) is 0 Å². The Morgan fingerprint density at radius 3 is 1.97 bits per heavy atom. The summed E-state index contributed by atoms with van der Waals surface area (Å²) in [6, 6.07) is 13.6. The van der Waals surface area contributed by atoms with Crippen LogP contribution in [0.4, 0.5) is 28.4 Å². The Kier molecular flexibility index (Phi) is 15.5. The molecule has 0 aliphatic rings. The lowest BCUT2D eigenvalue weighted by Crippen LogP contribution is -2.12. The summed E-state index contributed by atoms with van der Waals surface area (Å²) in [4.78, 5) is -2.07. The second-order valence-corrected chi connectivity index (χ2v) is 17.8. The minimum absolute atomic E-state index is 0.00442. The lowest BCUT2D eigenvalue weighted by atomic mass is 10.1. The van der Waals surface area contributed by atoms with Gasteiger partial charge >= 0.3 is 0 Å². The minimum Gasteiger partial charge on any atom is -0.505 e. The van der Waals surface area contributed by atoms with Gasteiger partial charge in [-0.1, -0.05) is 33.3 Å². The molecule has 5 aromatic rings. The Balaban J connectivity index is 1.62. The van der Waals surface area contributed by atoms with Crippen LogP contribution in [-0.4, -0.2) is 74.6 Å². The molecule has 0 heterocycles. The number of nitrogens with zero attached hydrogens (tertiary/aromatic N) is 4. The first-order chi connectivity index (χ1) is 28.0. The van der Waals surface area contributed by atoms with E-state index in [4.69, 9.17) is 20.0 Å². The zero-order valence-corrected chi connectivity index (χ0v) is 33.9. The Hall–Kier alpha value is -4.16. The Morgan fingerprint density at radius 2 is 1.31 bits per heavy atom. The first-order valence-corrected chi connectivity index (χ1v) is 22.0. The van der Waals surface area contributed by atoms with Gasteiger partial charge in [0.25, 0.3) is 20.2 Å². The van der Waals surface area contributed by atoms with Gasteiger partial charge < -0.3 is 10.4 Å². The molecule has 0 fully saturated rings. The molecule has 0 radical (unpaired) electrons. The molecule has 24 nitrogen and oxygen atoms in total. The van der Waals surface area contributed by atoms with Crippen LogP contribution in [-0.2, 0) is 62.4 Å². The summed E-state index contributed by atoms with van der Waals surface area (Å²) in [5, 5.41) is 67.0. The molecule has 5 rings (SSSR count). The summed E-state index contributed by atoms with van der Waals surface area (Å²) < 4.78 is 114. The lowest BCUT2D eigenvalue weighted by Gasteiger charge is -2.13. The Labute approximate surface area is 344 Å². The number of hydrogen-bond acceptors (Lipinski definition) is 25. The fourth-order valence-electron chi connectivity index (χ4n) is 5.20. The average molecular weight is 940 g/mol. The molecule has 0 aliphatic heterocycles. The van der Waals surface area contributed by atoms with Crippen LogP contribution in [0.15, 0.2) is 112 Å². The molecule has 0 amide bonds. The van der Waals surface area contributed by atoms with E-state index in [0.717, 1.165) is 12.1 Å². The number of phenolic OH excluding ortho intramolecular Hbond substituents is 1. The van der Waals surface area contributed by atoms with Gasteiger partial charge in [-0.2, -0.15) is 16.8 Å². The van der Waals surface area contributed by atoms with E-state index in [2.05, 4.69) is 53.9 Å². The maximum atomic E-state index is 12.8. The predicted octanol–water partition coefficient (Wildman–Crippen LogP) is 7.70. The van der Waals surface area contributed by atoms with Crippen LogP contribution in [0.25, 0.3) is 21.5 Å². The minimum atomic E-state index is -5.13. The number of aromatic hydroxyl groups is 1. The summed E-state index contributed by atoms with van der Waals surface area (Å²) in [5.41, 5.74) is -1.15. The van der Waals surface area contributed by atoms with E-state index in [9.17, 15) is 39.5 Å². The largest absolute Gasteiger partial charge is 0.505 e. The van der Waals surface area contributed by atoms with Crippen molar-refractivity contribution in [1.29, 1.82) is 0 Å². The number of sulfone groups is 1. The SMILES string of the molecule is CNc1ccc2c(O)c(N=Nc3ccc4c(SOOO)cccc4c3S(=O)(=O)O)c(SOOO)cc2c1N=Nc1ccc(S(=O)(=O)CCOSOOO)cc1S(=O)(=O)O. The molecule has 5 aromatic carbocycles. The van der Waals surface area contributed by atoms with Crippen molar-refractivity contribution >= 4 is 116 Å². The van der Waals surface area contributed by atoms with E-state index < -0.39 is 74.2 Å². The van der Waals surface area contributed by atoms with E-state index >= 15 is 0 Å². The normalized spacial score (nSPS) is 12.7. The summed E-state index contributed by atoms with van der Waals surface area (Å²) >= 11 is 0.942. The van der Waals surface area contributed by atoms with Gasteiger partial charge in [0, 0.05) is 28.1 Å². The number of anilines is 1. The van der Waals surface area contributed by atoms with E-state index in [-0.39, 0.29) is 72.8 Å². The molecule has 0 aliphatic carbocycles. The van der Waals surface area contributed by atoms with Gasteiger partial charge in [0.1, 0.15) is 32.5 Å². The van der Waals surface area contributed by atoms with Crippen molar-refractivity contribution in [2.24, 2.45) is 20.5 Å². The third kappa shape index (κ3) is 11.0. The number of hydrogen-bond donors (Lipinski definition) is 7. The maximum absolute atomic E-state index is 12.8. The van der Waals surface area contributed by atoms with Gasteiger partial charge in [-0.3, -0.25) is 13.3 Å². The average Bonchev–Trinajstić information content (AvgIpc) is 3.19. The van der Waals surface area contributed by atoms with Crippen molar-refractivity contribution in [2.45, 2.75) is 24.5 Å². The molecule has 0 aromatic heterocycles. The molecule has 0 bridgehead atoms. The summed E-state index contributed by atoms with van der Waals surface area (Å²) in [6.07, 6.45) is 0. The highest BCUT2D eigenvalue weighted by Gasteiger charge is 2.25. The highest BCUT2D eigenvalue weighted by atomic mass is 32.2. The molecule has 59 heavy (non-hydrogen) atoms. The van der Waals surface area contributed by atoms with Crippen LogP contribution in [0.2, 0.25) is 0 Å². The number of phenols is 1. The van der Waals surface area contributed by atoms with Gasteiger partial charge in [0.2, 0.25) is 0 Å². The number of fused-ring (bicyclic) bond motifs is 2. The monoisotopic (exact) mass is 939 g/mol. The molecule has 316 valence electrons. The highest BCUT2D eigenvalue weighted by Crippen LogP contribution is 2.49. The summed E-state index contributed by atoms with van der Waals surface area (Å²) in [7, 11) is -12.9. The predicted molar refractivity (Wildman–Crippen MR) is 205 cm³/mol. The van der Waals surface area contributed by atoms with Crippen LogP contribution in [0.3, 0.4) is 0 Å². The Morgan fingerprint density at radius 1 is 0.661 bits per heavy atom. The van der Waals surface area contributed by atoms with Crippen molar-refractivity contribution in [3.05, 3.63) is 66.7 Å². The molecule has 7 N–H and O–H groups in total. The number of nitrogens with one attached hydrogen (secondary N) is 1. The standard InChI is InChI=1S/C29H25N5O19S6/c1-30-21-9-7-17-19(26(21)33-31-20-8-5-15(13-25(20)58(41,42)43)57(39,40)12-11-47-56-53-50-38)14-24(55-52-49-37)27(28(17)35)34-32-22-10-6-16-18(29(22)59(44,45)46)3-2-4-23(16)54-51-48-36/h2-10,13-14,30,35-38H,11-12H2,1H3,(H,41,42,43)(H,44,45,46). The van der Waals surface area contributed by atoms with Gasteiger partial charge in [-0.05, 0) is 53.9 Å². The zero-order valence-electron chi connectivity index (χ0n) is 29.0. The molecule has 0 saturated carbocycles. The summed E-state index contributed by atoms with van der Waals surface area (Å²) in [6.45, 7) is -0.493. The molecule has 0 saturated heterocycles. The lowest BCUT2D eigenvalue weighted by molar-refractivity contribution is -0.434. The fourth-order valence-corrected chi connectivity index (χ4v) is 9.18. The third-order valence-electron chi connectivity index (χ3n) is 7.62. The van der Waals surface area contributed by atoms with Crippen molar-refractivity contribution in [2.75, 3.05) is 24.7 Å². The number of azo groups is 2. The smallest absolute Gasteiger partial charge is 0.297 e. The van der Waals surface area contributed by atoms with Gasteiger partial charge in [-0.25, -0.2) is 24.2 Å². The van der Waals surface area contributed by atoms with Crippen LogP contribution >= 0.6 is 36.4 Å².